The first-order valence-corrected chi connectivity index (χ1v) is 8.97. The van der Waals surface area contributed by atoms with Crippen LogP contribution in [0.25, 0.3) is 0 Å². The van der Waals surface area contributed by atoms with Crippen LogP contribution in [0.2, 0.25) is 0 Å². The van der Waals surface area contributed by atoms with Gasteiger partial charge in [-0.1, -0.05) is 15.9 Å². The maximum atomic E-state index is 12.2. The van der Waals surface area contributed by atoms with Crippen molar-refractivity contribution in [3.63, 3.8) is 0 Å². The second kappa shape index (κ2) is 6.17. The fraction of sp³-hybridized carbons (Fsp3) is 0.154. The lowest BCUT2D eigenvalue weighted by molar-refractivity contribution is -0.136. The highest BCUT2D eigenvalue weighted by molar-refractivity contribution is 9.10. The Bertz CT molecular complexity index is 783. The van der Waals surface area contributed by atoms with Crippen molar-refractivity contribution < 1.29 is 18.3 Å². The fourth-order valence-electron chi connectivity index (χ4n) is 1.66. The van der Waals surface area contributed by atoms with Gasteiger partial charge in [0.05, 0.1) is 6.42 Å². The van der Waals surface area contributed by atoms with Gasteiger partial charge >= 0.3 is 5.97 Å². The number of carboxylic acid groups (broad SMARTS) is 1. The molecule has 0 saturated heterocycles. The molecule has 0 saturated carbocycles. The van der Waals surface area contributed by atoms with Gasteiger partial charge in [-0.25, -0.2) is 8.42 Å². The summed E-state index contributed by atoms with van der Waals surface area (Å²) in [7, 11) is -3.70. The fourth-order valence-corrected chi connectivity index (χ4v) is 4.30. The standard InChI is InChI=1S/C13H12BrNO4S2/c1-8-6-9(2-4-11(8)14)15-21(18,19)13-5-3-10(20-13)7-12(16)17/h2-6,15H,7H2,1H3,(H,16,17). The summed E-state index contributed by atoms with van der Waals surface area (Å²) in [6.07, 6.45) is -0.183. The summed E-state index contributed by atoms with van der Waals surface area (Å²) in [6.45, 7) is 1.86. The van der Waals surface area contributed by atoms with Crippen molar-refractivity contribution in [2.45, 2.75) is 17.6 Å². The average Bonchev–Trinajstić information content (AvgIpc) is 2.82. The maximum absolute atomic E-state index is 12.2. The average molecular weight is 390 g/mol. The van der Waals surface area contributed by atoms with E-state index in [4.69, 9.17) is 5.11 Å². The number of nitrogens with one attached hydrogen (secondary N) is 1. The Balaban J connectivity index is 2.23. The minimum absolute atomic E-state index is 0.0966. The first kappa shape index (κ1) is 16.0. The maximum Gasteiger partial charge on any atom is 0.308 e. The minimum atomic E-state index is -3.70. The Kier molecular flexibility index (Phi) is 4.70. The summed E-state index contributed by atoms with van der Waals surface area (Å²) < 4.78 is 27.9. The molecule has 0 aliphatic heterocycles. The molecule has 0 amide bonds. The minimum Gasteiger partial charge on any atom is -0.481 e. The molecule has 1 aromatic carbocycles. The van der Waals surface area contributed by atoms with Gasteiger partial charge in [0, 0.05) is 15.0 Å². The van der Waals surface area contributed by atoms with Crippen molar-refractivity contribution in [3.8, 4) is 0 Å². The molecule has 2 rings (SSSR count). The number of carbonyl (C=O) groups is 1. The molecule has 0 spiro atoms. The number of rotatable bonds is 5. The van der Waals surface area contributed by atoms with E-state index in [0.717, 1.165) is 21.4 Å². The topological polar surface area (TPSA) is 83.5 Å². The molecule has 0 aliphatic rings. The zero-order valence-corrected chi connectivity index (χ0v) is 14.2. The van der Waals surface area contributed by atoms with Gasteiger partial charge in [-0.2, -0.15) is 0 Å². The van der Waals surface area contributed by atoms with Crippen LogP contribution in [0.1, 0.15) is 10.4 Å². The van der Waals surface area contributed by atoms with Crippen LogP contribution in [-0.4, -0.2) is 19.5 Å². The quantitative estimate of drug-likeness (QED) is 0.821. The SMILES string of the molecule is Cc1cc(NS(=O)(=O)c2ccc(CC(=O)O)s2)ccc1Br. The molecule has 2 N–H and O–H groups in total. The molecule has 0 fully saturated rings. The Morgan fingerprint density at radius 1 is 1.33 bits per heavy atom. The molecule has 0 aliphatic carbocycles. The third-order valence-electron chi connectivity index (χ3n) is 2.64. The number of hydrogen-bond acceptors (Lipinski definition) is 4. The van der Waals surface area contributed by atoms with Crippen LogP contribution in [-0.2, 0) is 21.2 Å². The first-order valence-electron chi connectivity index (χ1n) is 5.87. The highest BCUT2D eigenvalue weighted by Crippen LogP contribution is 2.26. The molecule has 8 heteroatoms. The van der Waals surface area contributed by atoms with Crippen molar-refractivity contribution in [1.82, 2.24) is 0 Å². The van der Waals surface area contributed by atoms with Crippen molar-refractivity contribution in [2.24, 2.45) is 0 Å². The number of carboxylic acids is 1. The Labute approximate surface area is 134 Å². The van der Waals surface area contributed by atoms with Crippen molar-refractivity contribution >= 4 is 48.9 Å². The van der Waals surface area contributed by atoms with Gasteiger partial charge in [0.2, 0.25) is 0 Å². The largest absolute Gasteiger partial charge is 0.481 e. The van der Waals surface area contributed by atoms with Crippen LogP contribution in [0, 0.1) is 6.92 Å². The van der Waals surface area contributed by atoms with Gasteiger partial charge in [-0.05, 0) is 42.8 Å². The molecule has 0 radical (unpaired) electrons. The first-order chi connectivity index (χ1) is 9.78. The number of benzene rings is 1. The highest BCUT2D eigenvalue weighted by atomic mass is 79.9. The molecule has 0 unspecified atom stereocenters. The van der Waals surface area contributed by atoms with E-state index in [-0.39, 0.29) is 10.6 Å². The van der Waals surface area contributed by atoms with E-state index in [1.807, 2.05) is 6.92 Å². The van der Waals surface area contributed by atoms with Gasteiger partial charge in [0.1, 0.15) is 4.21 Å². The lowest BCUT2D eigenvalue weighted by Crippen LogP contribution is -2.11. The summed E-state index contributed by atoms with van der Waals surface area (Å²) in [5, 5.41) is 8.71. The lowest BCUT2D eigenvalue weighted by Gasteiger charge is -2.07. The molecule has 21 heavy (non-hydrogen) atoms. The summed E-state index contributed by atoms with van der Waals surface area (Å²) in [5.74, 6) is -0.989. The molecular weight excluding hydrogens is 378 g/mol. The van der Waals surface area contributed by atoms with Crippen LogP contribution in [0.5, 0.6) is 0 Å². The highest BCUT2D eigenvalue weighted by Gasteiger charge is 2.18. The number of anilines is 1. The molecule has 5 nitrogen and oxygen atoms in total. The zero-order valence-electron chi connectivity index (χ0n) is 11.0. The number of sulfonamides is 1. The Hall–Kier alpha value is -1.38. The number of halogens is 1. The van der Waals surface area contributed by atoms with Gasteiger partial charge < -0.3 is 5.11 Å². The van der Waals surface area contributed by atoms with E-state index >= 15 is 0 Å². The van der Waals surface area contributed by atoms with Crippen LogP contribution in [0.3, 0.4) is 0 Å². The summed E-state index contributed by atoms with van der Waals surface area (Å²) in [5.41, 5.74) is 1.37. The predicted molar refractivity (Wildman–Crippen MR) is 85.3 cm³/mol. The molecule has 2 aromatic rings. The van der Waals surface area contributed by atoms with Gasteiger partial charge in [0.15, 0.2) is 0 Å². The monoisotopic (exact) mass is 389 g/mol. The Morgan fingerprint density at radius 3 is 2.67 bits per heavy atom. The number of hydrogen-bond donors (Lipinski definition) is 2. The molecule has 1 heterocycles. The molecule has 1 aromatic heterocycles. The lowest BCUT2D eigenvalue weighted by atomic mass is 10.2. The van der Waals surface area contributed by atoms with Crippen LogP contribution in [0.4, 0.5) is 5.69 Å². The van der Waals surface area contributed by atoms with E-state index in [1.54, 1.807) is 18.2 Å². The zero-order chi connectivity index (χ0) is 15.6. The van der Waals surface area contributed by atoms with E-state index in [0.29, 0.717) is 10.6 Å². The van der Waals surface area contributed by atoms with Gasteiger partial charge in [-0.3, -0.25) is 9.52 Å². The van der Waals surface area contributed by atoms with E-state index < -0.39 is 16.0 Å². The third-order valence-corrected chi connectivity index (χ3v) is 6.49. The summed E-state index contributed by atoms with van der Waals surface area (Å²) in [4.78, 5) is 11.1. The third kappa shape index (κ3) is 4.05. The number of aliphatic carboxylic acids is 1. The Morgan fingerprint density at radius 2 is 2.05 bits per heavy atom. The van der Waals surface area contributed by atoms with Crippen molar-refractivity contribution in [3.05, 3.63) is 45.2 Å². The van der Waals surface area contributed by atoms with Gasteiger partial charge in [-0.15, -0.1) is 11.3 Å². The van der Waals surface area contributed by atoms with Crippen LogP contribution >= 0.6 is 27.3 Å². The molecule has 0 bridgehead atoms. The normalized spacial score (nSPS) is 11.3. The van der Waals surface area contributed by atoms with Crippen molar-refractivity contribution in [2.75, 3.05) is 4.72 Å². The van der Waals surface area contributed by atoms with Crippen molar-refractivity contribution in [1.29, 1.82) is 0 Å². The van der Waals surface area contributed by atoms with E-state index in [2.05, 4.69) is 20.7 Å². The number of aryl methyl sites for hydroxylation is 1. The van der Waals surface area contributed by atoms with Crippen LogP contribution in [0.15, 0.2) is 39.0 Å². The second-order valence-electron chi connectivity index (χ2n) is 4.36. The number of thiophene rings is 1. The molecule has 112 valence electrons. The smallest absolute Gasteiger partial charge is 0.308 e. The summed E-state index contributed by atoms with van der Waals surface area (Å²) in [6, 6.07) is 8.06. The molecular formula is C13H12BrNO4S2. The summed E-state index contributed by atoms with van der Waals surface area (Å²) >= 11 is 4.30. The predicted octanol–water partition coefficient (Wildman–Crippen LogP) is 3.25. The van der Waals surface area contributed by atoms with Gasteiger partial charge in [0.25, 0.3) is 10.0 Å². The second-order valence-corrected chi connectivity index (χ2v) is 8.29. The van der Waals surface area contributed by atoms with E-state index in [9.17, 15) is 13.2 Å². The molecule has 0 atom stereocenters. The van der Waals surface area contributed by atoms with Crippen LogP contribution < -0.4 is 4.72 Å². The van der Waals surface area contributed by atoms with E-state index in [1.165, 1.54) is 12.1 Å².